The fraction of sp³-hybridized carbons (Fsp3) is 0. The van der Waals surface area contributed by atoms with Crippen LogP contribution >= 0.6 is 0 Å². The van der Waals surface area contributed by atoms with Gasteiger partial charge in [-0.3, -0.25) is 0 Å². The van der Waals surface area contributed by atoms with Gasteiger partial charge in [0.15, 0.2) is 0 Å². The second kappa shape index (κ2) is 27.9. The topological polar surface area (TPSA) is 31.0 Å². The maximum absolute atomic E-state index is 2.42. The molecule has 0 aliphatic rings. The molecule has 0 saturated heterocycles. The molecule has 0 radical (unpaired) electrons. The largest absolute Gasteiger partial charge is 0.311 e. The highest BCUT2D eigenvalue weighted by Crippen LogP contribution is 2.48. The number of rotatable bonds is 18. The second-order valence-corrected chi connectivity index (χ2v) is 27.8. The lowest BCUT2D eigenvalue weighted by molar-refractivity contribution is 1.18. The van der Waals surface area contributed by atoms with Gasteiger partial charge in [0.25, 0.3) is 0 Å². The minimum absolute atomic E-state index is 1.000. The van der Waals surface area contributed by atoms with Gasteiger partial charge in [-0.05, 0) is 255 Å². The van der Waals surface area contributed by atoms with Gasteiger partial charge in [-0.25, -0.2) is 0 Å². The zero-order valence-corrected chi connectivity index (χ0v) is 60.1. The van der Waals surface area contributed by atoms with Crippen molar-refractivity contribution < 1.29 is 0 Å². The third kappa shape index (κ3) is 11.6. The van der Waals surface area contributed by atoms with Crippen molar-refractivity contribution in [1.29, 1.82) is 0 Å². The van der Waals surface area contributed by atoms with Crippen LogP contribution in [0.1, 0.15) is 0 Å². The summed E-state index contributed by atoms with van der Waals surface area (Å²) in [5, 5.41) is 7.06. The number of aromatic nitrogens is 3. The van der Waals surface area contributed by atoms with Gasteiger partial charge in [-0.15, -0.1) is 0 Å². The van der Waals surface area contributed by atoms with Crippen molar-refractivity contribution in [3.63, 3.8) is 0 Å². The maximum atomic E-state index is 2.42. The fourth-order valence-corrected chi connectivity index (χ4v) is 16.4. The van der Waals surface area contributed by atoms with Crippen LogP contribution in [0.3, 0.4) is 0 Å². The van der Waals surface area contributed by atoms with E-state index in [2.05, 4.69) is 475 Å². The van der Waals surface area contributed by atoms with Gasteiger partial charge in [-0.1, -0.05) is 182 Å². The third-order valence-corrected chi connectivity index (χ3v) is 21.3. The molecule has 0 unspecified atom stereocenters. The van der Waals surface area contributed by atoms with Crippen molar-refractivity contribution in [3.05, 3.63) is 437 Å². The molecule has 17 aromatic carbocycles. The molecule has 0 spiro atoms. The van der Waals surface area contributed by atoms with Gasteiger partial charge in [0, 0.05) is 135 Å². The molecule has 0 aliphatic heterocycles. The van der Waals surface area contributed by atoms with Crippen molar-refractivity contribution in [2.24, 2.45) is 0 Å². The van der Waals surface area contributed by atoms with Gasteiger partial charge < -0.3 is 38.2 Å². The van der Waals surface area contributed by atoms with Crippen LogP contribution in [-0.2, 0) is 0 Å². The summed E-state index contributed by atoms with van der Waals surface area (Å²) >= 11 is 0. The summed E-state index contributed by atoms with van der Waals surface area (Å²) in [5.74, 6) is 0. The molecule has 520 valence electrons. The van der Waals surface area contributed by atoms with Crippen molar-refractivity contribution in [1.82, 2.24) is 13.7 Å². The molecule has 110 heavy (non-hydrogen) atoms. The zero-order valence-electron chi connectivity index (χ0n) is 60.1. The molecule has 0 atom stereocenters. The molecule has 3 heterocycles. The minimum atomic E-state index is 1.000. The first-order valence-corrected chi connectivity index (χ1v) is 37.5. The van der Waals surface area contributed by atoms with E-state index < -0.39 is 0 Å². The third-order valence-electron chi connectivity index (χ3n) is 21.3. The number of hydrogen-bond acceptors (Lipinski definition) is 5. The van der Waals surface area contributed by atoms with Crippen LogP contribution in [0.15, 0.2) is 437 Å². The van der Waals surface area contributed by atoms with Crippen LogP contribution in [0.5, 0.6) is 0 Å². The number of para-hydroxylation sites is 10. The quantitative estimate of drug-likeness (QED) is 0.0855. The highest BCUT2D eigenvalue weighted by atomic mass is 15.2. The number of benzene rings is 17. The molecule has 0 aliphatic carbocycles. The van der Waals surface area contributed by atoms with Gasteiger partial charge in [0.05, 0.1) is 33.1 Å². The summed E-state index contributed by atoms with van der Waals surface area (Å²) in [6.07, 6.45) is 0. The Balaban J connectivity index is 0.747. The first-order valence-electron chi connectivity index (χ1n) is 37.5. The number of nitrogens with zero attached hydrogens (tertiary/aromatic N) is 8. The van der Waals surface area contributed by atoms with Crippen LogP contribution in [0.4, 0.5) is 85.3 Å². The van der Waals surface area contributed by atoms with Crippen LogP contribution < -0.4 is 24.5 Å². The maximum Gasteiger partial charge on any atom is 0.0542 e. The predicted octanol–water partition coefficient (Wildman–Crippen LogP) is 28.3. The molecule has 20 rings (SSSR count). The van der Waals surface area contributed by atoms with E-state index in [-0.39, 0.29) is 0 Å². The van der Waals surface area contributed by atoms with Gasteiger partial charge in [0.2, 0.25) is 0 Å². The average Bonchev–Trinajstić information content (AvgIpc) is 1.60. The Hall–Kier alpha value is -14.9. The number of fused-ring (bicyclic) bond motifs is 9. The van der Waals surface area contributed by atoms with E-state index >= 15 is 0 Å². The summed E-state index contributed by atoms with van der Waals surface area (Å²) < 4.78 is 7.16. The van der Waals surface area contributed by atoms with Crippen LogP contribution in [0.25, 0.3) is 82.5 Å². The lowest BCUT2D eigenvalue weighted by Crippen LogP contribution is -2.14. The SMILES string of the molecule is c1ccc(N(c2ccccc2)c2ccc(N(c3ccc(N(c4ccc(N(c5ccc(N(c6ccccc6)c6ccccc6)cc5)c5ccc6c(c5)c5ccccc5n6-c5ccccc5)cc4)c4ccc5c(c4)c4ccccc4n5-c4ccccc4)cc3)c3ccc4c(c3)c3ccccc3n4-c3ccccc3)cc2)cc1. The molecular weight excluding hydrogens is 1340 g/mol. The highest BCUT2D eigenvalue weighted by Gasteiger charge is 2.25. The number of hydrogen-bond donors (Lipinski definition) is 0. The molecule has 8 heteroatoms. The molecule has 0 amide bonds. The van der Waals surface area contributed by atoms with Gasteiger partial charge >= 0.3 is 0 Å². The lowest BCUT2D eigenvalue weighted by atomic mass is 10.1. The molecule has 0 N–H and O–H groups in total. The molecule has 3 aromatic heterocycles. The van der Waals surface area contributed by atoms with Crippen LogP contribution in [0.2, 0.25) is 0 Å². The zero-order chi connectivity index (χ0) is 72.9. The van der Waals surface area contributed by atoms with E-state index in [1.54, 1.807) is 0 Å². The Morgan fingerprint density at radius 2 is 0.273 bits per heavy atom. The number of anilines is 15. The lowest BCUT2D eigenvalue weighted by Gasteiger charge is -2.30. The van der Waals surface area contributed by atoms with Crippen molar-refractivity contribution >= 4 is 151 Å². The summed E-state index contributed by atoms with van der Waals surface area (Å²) in [4.78, 5) is 11.9. The first-order chi connectivity index (χ1) is 54.6. The van der Waals surface area contributed by atoms with Crippen molar-refractivity contribution in [2.45, 2.75) is 0 Å². The molecule has 20 aromatic rings. The van der Waals surface area contributed by atoms with Crippen LogP contribution in [-0.4, -0.2) is 13.7 Å². The monoisotopic (exact) mass is 1410 g/mol. The minimum Gasteiger partial charge on any atom is -0.311 e. The summed E-state index contributed by atoms with van der Waals surface area (Å²) in [6, 6.07) is 158. The van der Waals surface area contributed by atoms with Gasteiger partial charge in [0.1, 0.15) is 0 Å². The molecular formula is C102H72N8. The Morgan fingerprint density at radius 1 is 0.118 bits per heavy atom. The van der Waals surface area contributed by atoms with E-state index in [0.29, 0.717) is 0 Å². The molecule has 0 fully saturated rings. The van der Waals surface area contributed by atoms with E-state index in [4.69, 9.17) is 0 Å². The van der Waals surface area contributed by atoms with Crippen molar-refractivity contribution in [3.8, 4) is 17.1 Å². The second-order valence-electron chi connectivity index (χ2n) is 27.8. The Kier molecular flexibility index (Phi) is 16.4. The standard InChI is InChI=1S/C102H72N8/c1-8-28-73(29-9-1)103(74-30-10-2-11-31-74)80-48-52-82(53-49-80)105(88-64-67-100-94(70-88)91-42-22-25-45-97(91)108(100)77-36-16-5-17-37-77)84-56-60-86(61-57-84)107(90-66-69-102-96(72-90)93-44-24-27-47-99(93)110(102)79-40-20-7-21-41-79)87-62-58-85(59-63-87)106(83-54-50-81(51-55-83)104(75-32-12-3-13-33-75)76-34-14-4-15-35-76)89-65-68-101-95(71-89)92-43-23-26-46-98(92)109(101)78-38-18-6-19-39-78/h1-72H. The Bertz CT molecular complexity index is 6260. The Labute approximate surface area is 638 Å². The smallest absolute Gasteiger partial charge is 0.0542 e. The van der Waals surface area contributed by atoms with E-state index in [1.807, 2.05) is 0 Å². The summed E-state index contributed by atoms with van der Waals surface area (Å²) in [6.45, 7) is 0. The van der Waals surface area contributed by atoms with Crippen molar-refractivity contribution in [2.75, 3.05) is 24.5 Å². The van der Waals surface area contributed by atoms with E-state index in [1.165, 1.54) is 26.9 Å². The fourth-order valence-electron chi connectivity index (χ4n) is 16.4. The van der Waals surface area contributed by atoms with E-state index in [0.717, 1.165) is 141 Å². The van der Waals surface area contributed by atoms with E-state index in [9.17, 15) is 0 Å². The predicted molar refractivity (Wildman–Crippen MR) is 463 cm³/mol. The molecule has 0 saturated carbocycles. The highest BCUT2D eigenvalue weighted by molar-refractivity contribution is 6.13. The summed E-state index contributed by atoms with van der Waals surface area (Å²) in [5.41, 5.74) is 25.8. The molecule has 0 bridgehead atoms. The first kappa shape index (κ1) is 64.7. The molecule has 8 nitrogen and oxygen atoms in total. The average molecular weight is 1410 g/mol. The Morgan fingerprint density at radius 3 is 0.491 bits per heavy atom. The van der Waals surface area contributed by atoms with Crippen LogP contribution in [0, 0.1) is 0 Å². The van der Waals surface area contributed by atoms with Gasteiger partial charge in [-0.2, -0.15) is 0 Å². The normalized spacial score (nSPS) is 11.5. The summed E-state index contributed by atoms with van der Waals surface area (Å²) in [7, 11) is 0.